The summed E-state index contributed by atoms with van der Waals surface area (Å²) in [5.41, 5.74) is -2.36. The van der Waals surface area contributed by atoms with E-state index < -0.39 is 48.8 Å². The molecule has 2 heterocycles. The fourth-order valence-electron chi connectivity index (χ4n) is 0.984. The Morgan fingerprint density at radius 3 is 2.47 bits per heavy atom. The molecule has 0 aromatic rings. The number of ether oxygens (including phenoxy) is 1. The van der Waals surface area contributed by atoms with Crippen LogP contribution in [-0.2, 0) is 4.74 Å². The van der Waals surface area contributed by atoms with E-state index in [1.54, 1.807) is 20.8 Å². The molecule has 2 aliphatic heterocycles. The van der Waals surface area contributed by atoms with Gasteiger partial charge in [-0.3, -0.25) is 0 Å². The summed E-state index contributed by atoms with van der Waals surface area (Å²) in [6.07, 6.45) is -1.23. The van der Waals surface area contributed by atoms with Crippen molar-refractivity contribution in [3.05, 3.63) is 11.1 Å². The molecule has 1 amide bonds. The van der Waals surface area contributed by atoms with Crippen LogP contribution in [0, 0.1) is 0 Å². The molecule has 1 N–H and O–H groups in total. The Hall–Kier alpha value is -1.03. The van der Waals surface area contributed by atoms with Gasteiger partial charge >= 0.3 is 6.09 Å². The van der Waals surface area contributed by atoms with E-state index in [2.05, 4.69) is 0 Å². The fourth-order valence-corrected chi connectivity index (χ4v) is 0.984. The first-order valence-corrected chi connectivity index (χ1v) is 4.53. The van der Waals surface area contributed by atoms with Crippen LogP contribution in [0.25, 0.3) is 0 Å². The molecule has 84 valence electrons. The van der Waals surface area contributed by atoms with E-state index in [1.165, 1.54) is 0 Å². The minimum Gasteiger partial charge on any atom is -0.444 e. The zero-order valence-corrected chi connectivity index (χ0v) is 8.76. The third kappa shape index (κ3) is 2.31. The lowest BCUT2D eigenvalue weighted by Crippen LogP contribution is -2.50. The average molecular weight is 218 g/mol. The normalized spacial score (nSPS) is 42.2. The van der Waals surface area contributed by atoms with Gasteiger partial charge in [0.25, 0.3) is 0 Å². The van der Waals surface area contributed by atoms with Crippen molar-refractivity contribution in [3.8, 4) is 0 Å². The Labute approximate surface area is 102 Å². The van der Waals surface area contributed by atoms with Gasteiger partial charge < -0.3 is 15.0 Å². The van der Waals surface area contributed by atoms with Crippen molar-refractivity contribution in [2.24, 2.45) is 0 Å². The standard InChI is InChI=1S/C11H18N2O2/c1-11(2,3)15-10(14)13-6-9(7-13)8-4-12-5-8/h12H,4-7H2,1-3H3/i4D2,5D2,6D2,7D2. The molecule has 0 aromatic carbocycles. The van der Waals surface area contributed by atoms with Gasteiger partial charge in [-0.05, 0) is 31.9 Å². The topological polar surface area (TPSA) is 41.6 Å². The van der Waals surface area contributed by atoms with Gasteiger partial charge in [0.05, 0.1) is 5.48 Å². The number of likely N-dealkylation sites (tertiary alicyclic amines) is 1. The Kier molecular flexibility index (Phi) is 1.05. The SMILES string of the molecule is [2H]C1([2H])NC([2H])([2H])C1=C1C([2H])([2H])N(C(=O)OC(C)(C)C)C1([2H])[2H]. The Bertz CT molecular complexity index is 559. The van der Waals surface area contributed by atoms with Crippen molar-refractivity contribution >= 4 is 6.09 Å². The maximum Gasteiger partial charge on any atom is 0.410 e. The quantitative estimate of drug-likeness (QED) is 0.620. The Morgan fingerprint density at radius 1 is 1.40 bits per heavy atom. The van der Waals surface area contributed by atoms with E-state index in [0.29, 0.717) is 0 Å². The molecular formula is C11H18N2O2. The number of hydrogen-bond acceptors (Lipinski definition) is 3. The van der Waals surface area contributed by atoms with Crippen molar-refractivity contribution in [3.63, 3.8) is 0 Å². The molecule has 4 nitrogen and oxygen atoms in total. The van der Waals surface area contributed by atoms with Gasteiger partial charge in [0.1, 0.15) is 5.60 Å². The summed E-state index contributed by atoms with van der Waals surface area (Å²) < 4.78 is 67.1. The molecule has 0 saturated carbocycles. The van der Waals surface area contributed by atoms with Gasteiger partial charge in [0, 0.05) is 31.5 Å². The first kappa shape index (κ1) is 4.45. The van der Waals surface area contributed by atoms with Gasteiger partial charge in [-0.25, -0.2) is 4.79 Å². The largest absolute Gasteiger partial charge is 0.444 e. The van der Waals surface area contributed by atoms with Crippen molar-refractivity contribution in [1.29, 1.82) is 0 Å². The van der Waals surface area contributed by atoms with Crippen molar-refractivity contribution in [2.75, 3.05) is 26.0 Å². The highest BCUT2D eigenvalue weighted by atomic mass is 16.6. The van der Waals surface area contributed by atoms with E-state index in [-0.39, 0.29) is 4.90 Å². The van der Waals surface area contributed by atoms with E-state index in [0.717, 1.165) is 0 Å². The molecule has 0 unspecified atom stereocenters. The molecule has 2 saturated heterocycles. The molecule has 2 fully saturated rings. The summed E-state index contributed by atoms with van der Waals surface area (Å²) in [6, 6.07) is 0. The van der Waals surface area contributed by atoms with E-state index in [4.69, 9.17) is 15.7 Å². The van der Waals surface area contributed by atoms with Gasteiger partial charge in [0.15, 0.2) is 0 Å². The highest BCUT2D eigenvalue weighted by molar-refractivity contribution is 5.71. The third-order valence-electron chi connectivity index (χ3n) is 1.65. The second-order valence-corrected chi connectivity index (χ2v) is 4.16. The lowest BCUT2D eigenvalue weighted by molar-refractivity contribution is 0.0211. The second kappa shape index (κ2) is 3.52. The molecule has 0 aromatic heterocycles. The summed E-state index contributed by atoms with van der Waals surface area (Å²) in [4.78, 5) is 12.3. The number of nitrogens with zero attached hydrogens (tertiary/aromatic N) is 1. The molecular weight excluding hydrogens is 192 g/mol. The van der Waals surface area contributed by atoms with Gasteiger partial charge in [-0.15, -0.1) is 0 Å². The molecule has 0 radical (unpaired) electrons. The molecule has 0 spiro atoms. The van der Waals surface area contributed by atoms with Crippen LogP contribution in [-0.4, -0.2) is 42.6 Å². The minimum atomic E-state index is -2.69. The first-order valence-electron chi connectivity index (χ1n) is 8.53. The van der Waals surface area contributed by atoms with Crippen LogP contribution in [0.15, 0.2) is 11.1 Å². The summed E-state index contributed by atoms with van der Waals surface area (Å²) in [6.45, 7) is -5.53. The Morgan fingerprint density at radius 2 is 2.00 bits per heavy atom. The Balaban J connectivity index is 2.47. The number of amides is 1. The number of carbonyl (C=O) groups is 1. The summed E-state index contributed by atoms with van der Waals surface area (Å²) in [5.74, 6) is 0. The molecule has 2 aliphatic rings. The molecule has 0 bridgehead atoms. The summed E-state index contributed by atoms with van der Waals surface area (Å²) in [5, 5.41) is 1.96. The van der Waals surface area contributed by atoms with Crippen molar-refractivity contribution in [1.82, 2.24) is 10.2 Å². The highest BCUT2D eigenvalue weighted by Gasteiger charge is 2.32. The molecule has 2 rings (SSSR count). The zero-order chi connectivity index (χ0) is 18.2. The number of nitrogens with one attached hydrogen (secondary N) is 1. The zero-order valence-electron chi connectivity index (χ0n) is 16.8. The predicted molar refractivity (Wildman–Crippen MR) is 57.7 cm³/mol. The number of rotatable bonds is 0. The lowest BCUT2D eigenvalue weighted by atomic mass is 9.97. The first-order chi connectivity index (χ1) is 9.94. The maximum absolute atomic E-state index is 12.1. The van der Waals surface area contributed by atoms with Crippen LogP contribution in [0.2, 0.25) is 0 Å². The van der Waals surface area contributed by atoms with Gasteiger partial charge in [-0.1, -0.05) is 0 Å². The van der Waals surface area contributed by atoms with E-state index in [9.17, 15) is 4.79 Å². The highest BCUT2D eigenvalue weighted by Crippen LogP contribution is 2.22. The van der Waals surface area contributed by atoms with Crippen LogP contribution < -0.4 is 5.32 Å². The molecule has 15 heavy (non-hydrogen) atoms. The minimum absolute atomic E-state index is 0.220. The summed E-state index contributed by atoms with van der Waals surface area (Å²) >= 11 is 0. The molecule has 0 aliphatic carbocycles. The van der Waals surface area contributed by atoms with Crippen molar-refractivity contribution in [2.45, 2.75) is 26.4 Å². The van der Waals surface area contributed by atoms with Crippen LogP contribution in [0.5, 0.6) is 0 Å². The van der Waals surface area contributed by atoms with E-state index >= 15 is 0 Å². The van der Waals surface area contributed by atoms with Gasteiger partial charge in [0.2, 0.25) is 0 Å². The number of hydrogen-bond donors (Lipinski definition) is 1. The average Bonchev–Trinajstić information content (AvgIpc) is 2.19. The lowest BCUT2D eigenvalue weighted by Gasteiger charge is -2.38. The van der Waals surface area contributed by atoms with Crippen molar-refractivity contribution < 1.29 is 20.5 Å². The maximum atomic E-state index is 12.1. The van der Waals surface area contributed by atoms with Crippen LogP contribution >= 0.6 is 0 Å². The number of carbonyl (C=O) groups excluding carboxylic acids is 1. The van der Waals surface area contributed by atoms with Crippen LogP contribution in [0.3, 0.4) is 0 Å². The smallest absolute Gasteiger partial charge is 0.410 e. The second-order valence-electron chi connectivity index (χ2n) is 4.16. The molecule has 0 atom stereocenters. The third-order valence-corrected chi connectivity index (χ3v) is 1.65. The van der Waals surface area contributed by atoms with Crippen LogP contribution in [0.1, 0.15) is 31.7 Å². The summed E-state index contributed by atoms with van der Waals surface area (Å²) in [7, 11) is 0. The van der Waals surface area contributed by atoms with Gasteiger partial charge in [-0.2, -0.15) is 0 Å². The van der Waals surface area contributed by atoms with E-state index in [1.807, 2.05) is 5.32 Å². The monoisotopic (exact) mass is 218 g/mol. The molecule has 4 heteroatoms. The predicted octanol–water partition coefficient (Wildman–Crippen LogP) is 1.14. The fraction of sp³-hybridized carbons (Fsp3) is 0.727. The van der Waals surface area contributed by atoms with Crippen LogP contribution in [0.4, 0.5) is 4.79 Å².